The molecule has 0 radical (unpaired) electrons. The van der Waals surface area contributed by atoms with Crippen molar-refractivity contribution in [3.8, 4) is 0 Å². The van der Waals surface area contributed by atoms with E-state index in [2.05, 4.69) is 18.7 Å². The van der Waals surface area contributed by atoms with Crippen LogP contribution in [0.4, 0.5) is 5.69 Å². The van der Waals surface area contributed by atoms with Gasteiger partial charge in [-0.1, -0.05) is 30.9 Å². The molecule has 0 aliphatic heterocycles. The van der Waals surface area contributed by atoms with Crippen molar-refractivity contribution < 1.29 is 0 Å². The number of hydrogen-bond acceptors (Lipinski definition) is 1. The molecule has 0 heterocycles. The smallest absolute Gasteiger partial charge is 0.0403 e. The van der Waals surface area contributed by atoms with E-state index in [0.717, 1.165) is 0 Å². The van der Waals surface area contributed by atoms with E-state index in [-0.39, 0.29) is 0 Å². The van der Waals surface area contributed by atoms with Gasteiger partial charge in [0.15, 0.2) is 0 Å². The Morgan fingerprint density at radius 3 is 2.50 bits per heavy atom. The van der Waals surface area contributed by atoms with Crippen LogP contribution in [0.15, 0.2) is 55.3 Å². The second kappa shape index (κ2) is 4.39. The fraction of sp³-hybridized carbons (Fsp3) is 0.0909. The van der Waals surface area contributed by atoms with Crippen LogP contribution in [0.3, 0.4) is 0 Å². The van der Waals surface area contributed by atoms with Crippen molar-refractivity contribution in [2.24, 2.45) is 0 Å². The van der Waals surface area contributed by atoms with E-state index in [1.165, 1.54) is 5.69 Å². The van der Waals surface area contributed by atoms with E-state index in [9.17, 15) is 0 Å². The Morgan fingerprint density at radius 1 is 1.25 bits per heavy atom. The second-order valence-electron chi connectivity index (χ2n) is 2.52. The average molecular weight is 159 g/mol. The van der Waals surface area contributed by atoms with Crippen LogP contribution < -0.4 is 4.90 Å². The van der Waals surface area contributed by atoms with E-state index < -0.39 is 0 Å². The molecule has 1 aromatic rings. The number of anilines is 1. The number of nitrogens with zero attached hydrogens (tertiary/aromatic N) is 1. The minimum atomic E-state index is 1.18. The Morgan fingerprint density at radius 2 is 1.92 bits per heavy atom. The Labute approximate surface area is 73.6 Å². The largest absolute Gasteiger partial charge is 0.351 e. The third-order valence-corrected chi connectivity index (χ3v) is 1.61. The van der Waals surface area contributed by atoms with Crippen molar-refractivity contribution in [2.45, 2.75) is 0 Å². The van der Waals surface area contributed by atoms with Gasteiger partial charge in [0.05, 0.1) is 0 Å². The van der Waals surface area contributed by atoms with Crippen LogP contribution in [0.1, 0.15) is 0 Å². The minimum absolute atomic E-state index is 1.18. The van der Waals surface area contributed by atoms with Crippen molar-refractivity contribution in [3.63, 3.8) is 0 Å². The fourth-order valence-corrected chi connectivity index (χ4v) is 0.939. The summed E-state index contributed by atoms with van der Waals surface area (Å²) in [5, 5.41) is 0. The molecule has 0 fully saturated rings. The molecule has 0 N–H and O–H groups in total. The molecule has 0 unspecified atom stereocenters. The molecule has 62 valence electrons. The Balaban J connectivity index is 2.71. The van der Waals surface area contributed by atoms with Gasteiger partial charge >= 0.3 is 0 Å². The van der Waals surface area contributed by atoms with Crippen LogP contribution in [-0.4, -0.2) is 7.05 Å². The summed E-state index contributed by atoms with van der Waals surface area (Å²) >= 11 is 0. The molecule has 0 saturated carbocycles. The number of para-hydroxylation sites is 1. The lowest BCUT2D eigenvalue weighted by Crippen LogP contribution is -2.06. The van der Waals surface area contributed by atoms with Gasteiger partial charge in [0, 0.05) is 18.9 Å². The molecule has 12 heavy (non-hydrogen) atoms. The first-order chi connectivity index (χ1) is 5.84. The first-order valence-electron chi connectivity index (χ1n) is 3.91. The summed E-state index contributed by atoms with van der Waals surface area (Å²) in [6, 6.07) is 10.2. The number of benzene rings is 1. The molecule has 0 saturated heterocycles. The predicted octanol–water partition coefficient (Wildman–Crippen LogP) is 2.82. The molecule has 1 aromatic carbocycles. The van der Waals surface area contributed by atoms with E-state index in [4.69, 9.17) is 0 Å². The summed E-state index contributed by atoms with van der Waals surface area (Å²) in [7, 11) is 2.01. The summed E-state index contributed by atoms with van der Waals surface area (Å²) in [6.07, 6.45) is 5.65. The highest BCUT2D eigenvalue weighted by molar-refractivity contribution is 5.47. The van der Waals surface area contributed by atoms with Gasteiger partial charge in [-0.15, -0.1) is 0 Å². The fourth-order valence-electron chi connectivity index (χ4n) is 0.939. The van der Waals surface area contributed by atoms with Gasteiger partial charge in [0.1, 0.15) is 0 Å². The van der Waals surface area contributed by atoms with Gasteiger partial charge in [-0.3, -0.25) is 0 Å². The van der Waals surface area contributed by atoms with Crippen molar-refractivity contribution >= 4 is 5.69 Å². The van der Waals surface area contributed by atoms with Crippen molar-refractivity contribution in [1.82, 2.24) is 0 Å². The molecule has 0 aliphatic carbocycles. The van der Waals surface area contributed by atoms with Crippen LogP contribution in [0.5, 0.6) is 0 Å². The molecule has 0 aliphatic rings. The highest BCUT2D eigenvalue weighted by Gasteiger charge is 1.91. The number of hydrogen-bond donors (Lipinski definition) is 0. The molecule has 1 rings (SSSR count). The standard InChI is InChI=1S/C11H13N/c1-3-4-10-12(2)11-8-6-5-7-9-11/h3-10H,1H2,2H3/b10-4-. The maximum absolute atomic E-state index is 3.61. The number of rotatable bonds is 3. The quantitative estimate of drug-likeness (QED) is 0.613. The maximum Gasteiger partial charge on any atom is 0.0403 e. The van der Waals surface area contributed by atoms with Gasteiger partial charge < -0.3 is 4.90 Å². The summed E-state index contributed by atoms with van der Waals surface area (Å²) in [5.41, 5.74) is 1.18. The monoisotopic (exact) mass is 159 g/mol. The first kappa shape index (κ1) is 8.60. The van der Waals surface area contributed by atoms with Crippen molar-refractivity contribution in [1.29, 1.82) is 0 Å². The van der Waals surface area contributed by atoms with E-state index >= 15 is 0 Å². The first-order valence-corrected chi connectivity index (χ1v) is 3.91. The summed E-state index contributed by atoms with van der Waals surface area (Å²) in [4.78, 5) is 2.04. The average Bonchev–Trinajstić information content (AvgIpc) is 2.15. The van der Waals surface area contributed by atoms with Gasteiger partial charge in [0.25, 0.3) is 0 Å². The van der Waals surface area contributed by atoms with E-state index in [1.54, 1.807) is 6.08 Å². The van der Waals surface area contributed by atoms with Crippen LogP contribution in [0, 0.1) is 0 Å². The van der Waals surface area contributed by atoms with Gasteiger partial charge in [-0.2, -0.15) is 0 Å². The molecule has 1 heteroatoms. The van der Waals surface area contributed by atoms with Crippen LogP contribution in [-0.2, 0) is 0 Å². The molecule has 0 spiro atoms. The lowest BCUT2D eigenvalue weighted by Gasteiger charge is -2.12. The molecular formula is C11H13N. The second-order valence-corrected chi connectivity index (χ2v) is 2.52. The molecule has 0 amide bonds. The SMILES string of the molecule is C=C/C=C\N(C)c1ccccc1. The van der Waals surface area contributed by atoms with Crippen LogP contribution in [0.2, 0.25) is 0 Å². The van der Waals surface area contributed by atoms with Crippen LogP contribution >= 0.6 is 0 Å². The minimum Gasteiger partial charge on any atom is -0.351 e. The van der Waals surface area contributed by atoms with Gasteiger partial charge in [0.2, 0.25) is 0 Å². The van der Waals surface area contributed by atoms with E-state index in [0.29, 0.717) is 0 Å². The van der Waals surface area contributed by atoms with E-state index in [1.807, 2.05) is 42.4 Å². The molecule has 1 nitrogen and oxygen atoms in total. The lowest BCUT2D eigenvalue weighted by molar-refractivity contribution is 1.20. The topological polar surface area (TPSA) is 3.24 Å². The molecule has 0 bridgehead atoms. The zero-order valence-corrected chi connectivity index (χ0v) is 7.27. The maximum atomic E-state index is 3.61. The third kappa shape index (κ3) is 2.27. The van der Waals surface area contributed by atoms with Crippen molar-refractivity contribution in [3.05, 3.63) is 55.3 Å². The van der Waals surface area contributed by atoms with Crippen LogP contribution in [0.25, 0.3) is 0 Å². The van der Waals surface area contributed by atoms with Gasteiger partial charge in [-0.05, 0) is 18.2 Å². The Hall–Kier alpha value is -1.50. The zero-order valence-electron chi connectivity index (χ0n) is 7.27. The molecule has 0 atom stereocenters. The lowest BCUT2D eigenvalue weighted by atomic mass is 10.3. The molecule has 0 aromatic heterocycles. The summed E-state index contributed by atoms with van der Waals surface area (Å²) < 4.78 is 0. The Kier molecular flexibility index (Phi) is 3.15. The zero-order chi connectivity index (χ0) is 8.81. The Bertz CT molecular complexity index is 262. The highest BCUT2D eigenvalue weighted by atomic mass is 15.1. The normalized spacial score (nSPS) is 10.1. The predicted molar refractivity (Wildman–Crippen MR) is 54.2 cm³/mol. The number of allylic oxidation sites excluding steroid dienone is 2. The summed E-state index contributed by atoms with van der Waals surface area (Å²) in [6.45, 7) is 3.61. The summed E-state index contributed by atoms with van der Waals surface area (Å²) in [5.74, 6) is 0. The van der Waals surface area contributed by atoms with Crippen molar-refractivity contribution in [2.75, 3.05) is 11.9 Å². The molecular weight excluding hydrogens is 146 g/mol. The third-order valence-electron chi connectivity index (χ3n) is 1.61. The van der Waals surface area contributed by atoms with Gasteiger partial charge in [-0.25, -0.2) is 0 Å². The highest BCUT2D eigenvalue weighted by Crippen LogP contribution is 2.10.